The molecular weight excluding hydrogens is 276 g/mol. The zero-order chi connectivity index (χ0) is 14.4. The van der Waals surface area contributed by atoms with E-state index in [9.17, 15) is 4.79 Å². The first-order chi connectivity index (χ1) is 9.63. The van der Waals surface area contributed by atoms with E-state index >= 15 is 0 Å². The van der Waals surface area contributed by atoms with Crippen LogP contribution in [-0.2, 0) is 11.3 Å². The number of benzene rings is 1. The number of nitrogens with one attached hydrogen (secondary N) is 2. The molecule has 1 heterocycles. The summed E-state index contributed by atoms with van der Waals surface area (Å²) in [5.41, 5.74) is 2.35. The molecule has 0 aliphatic rings. The molecule has 0 aliphatic carbocycles. The van der Waals surface area contributed by atoms with Gasteiger partial charge in [0.2, 0.25) is 5.91 Å². The molecule has 1 aromatic heterocycles. The predicted molar refractivity (Wildman–Crippen MR) is 78.6 cm³/mol. The molecule has 2 N–H and O–H groups in total. The second-order valence-corrected chi connectivity index (χ2v) is 4.75. The quantitative estimate of drug-likeness (QED) is 0.885. The number of amides is 1. The SMILES string of the molecule is Cc1cnc(CNCC(=O)Nc2cccc(Cl)c2)cn1. The molecule has 0 unspecified atom stereocenters. The minimum Gasteiger partial charge on any atom is -0.325 e. The topological polar surface area (TPSA) is 66.9 Å². The summed E-state index contributed by atoms with van der Waals surface area (Å²) >= 11 is 5.84. The Morgan fingerprint density at radius 2 is 2.15 bits per heavy atom. The summed E-state index contributed by atoms with van der Waals surface area (Å²) in [5, 5.41) is 6.35. The summed E-state index contributed by atoms with van der Waals surface area (Å²) < 4.78 is 0. The van der Waals surface area contributed by atoms with Crippen LogP contribution in [0.25, 0.3) is 0 Å². The predicted octanol–water partition coefficient (Wildman–Crippen LogP) is 2.17. The van der Waals surface area contributed by atoms with Gasteiger partial charge in [0.15, 0.2) is 0 Å². The van der Waals surface area contributed by atoms with Crippen LogP contribution in [0.1, 0.15) is 11.4 Å². The zero-order valence-electron chi connectivity index (χ0n) is 11.1. The number of hydrogen-bond donors (Lipinski definition) is 2. The summed E-state index contributed by atoms with van der Waals surface area (Å²) in [6.45, 7) is 2.57. The van der Waals surface area contributed by atoms with Gasteiger partial charge in [0.05, 0.1) is 17.9 Å². The molecule has 6 heteroatoms. The molecule has 2 rings (SSSR count). The number of rotatable bonds is 5. The van der Waals surface area contributed by atoms with Gasteiger partial charge in [-0.25, -0.2) is 0 Å². The first-order valence-electron chi connectivity index (χ1n) is 6.17. The monoisotopic (exact) mass is 290 g/mol. The highest BCUT2D eigenvalue weighted by Gasteiger charge is 2.03. The average Bonchev–Trinajstić information content (AvgIpc) is 2.41. The molecule has 2 aromatic rings. The number of aromatic nitrogens is 2. The Balaban J connectivity index is 1.76. The fourth-order valence-corrected chi connectivity index (χ4v) is 1.78. The van der Waals surface area contributed by atoms with Gasteiger partial charge in [-0.2, -0.15) is 0 Å². The van der Waals surface area contributed by atoms with Gasteiger partial charge in [-0.15, -0.1) is 0 Å². The minimum atomic E-state index is -0.132. The van der Waals surface area contributed by atoms with Crippen molar-refractivity contribution in [1.29, 1.82) is 0 Å². The maximum Gasteiger partial charge on any atom is 0.238 e. The van der Waals surface area contributed by atoms with Crippen LogP contribution in [0.15, 0.2) is 36.7 Å². The lowest BCUT2D eigenvalue weighted by Crippen LogP contribution is -2.28. The van der Waals surface area contributed by atoms with Crippen molar-refractivity contribution < 1.29 is 4.79 Å². The Morgan fingerprint density at radius 3 is 2.85 bits per heavy atom. The normalized spacial score (nSPS) is 10.3. The van der Waals surface area contributed by atoms with Crippen molar-refractivity contribution in [3.05, 3.63) is 53.1 Å². The van der Waals surface area contributed by atoms with E-state index in [0.29, 0.717) is 17.3 Å². The Hall–Kier alpha value is -1.98. The summed E-state index contributed by atoms with van der Waals surface area (Å²) in [4.78, 5) is 20.0. The lowest BCUT2D eigenvalue weighted by Gasteiger charge is -2.06. The van der Waals surface area contributed by atoms with Crippen molar-refractivity contribution in [2.45, 2.75) is 13.5 Å². The van der Waals surface area contributed by atoms with Gasteiger partial charge in [0.25, 0.3) is 0 Å². The molecule has 0 saturated carbocycles. The fourth-order valence-electron chi connectivity index (χ4n) is 1.59. The Labute approximate surface area is 122 Å². The van der Waals surface area contributed by atoms with Crippen molar-refractivity contribution in [3.63, 3.8) is 0 Å². The van der Waals surface area contributed by atoms with Gasteiger partial charge in [0.1, 0.15) is 0 Å². The molecule has 0 bridgehead atoms. The number of carbonyl (C=O) groups excluding carboxylic acids is 1. The first-order valence-corrected chi connectivity index (χ1v) is 6.55. The maximum atomic E-state index is 11.7. The number of aryl methyl sites for hydroxylation is 1. The van der Waals surface area contributed by atoms with Gasteiger partial charge in [-0.05, 0) is 25.1 Å². The first kappa shape index (κ1) is 14.4. The van der Waals surface area contributed by atoms with E-state index in [-0.39, 0.29) is 12.5 Å². The molecule has 20 heavy (non-hydrogen) atoms. The van der Waals surface area contributed by atoms with Gasteiger partial charge in [0, 0.05) is 29.6 Å². The van der Waals surface area contributed by atoms with Crippen LogP contribution in [0.3, 0.4) is 0 Å². The van der Waals surface area contributed by atoms with Crippen molar-refractivity contribution in [3.8, 4) is 0 Å². The second-order valence-electron chi connectivity index (χ2n) is 4.31. The fraction of sp³-hybridized carbons (Fsp3) is 0.214. The van der Waals surface area contributed by atoms with Crippen molar-refractivity contribution in [2.24, 2.45) is 0 Å². The molecule has 0 atom stereocenters. The van der Waals surface area contributed by atoms with Gasteiger partial charge in [-0.3, -0.25) is 14.8 Å². The van der Waals surface area contributed by atoms with Crippen LogP contribution in [0.5, 0.6) is 0 Å². The third-order valence-electron chi connectivity index (χ3n) is 2.53. The van der Waals surface area contributed by atoms with Crippen LogP contribution < -0.4 is 10.6 Å². The van der Waals surface area contributed by atoms with E-state index in [0.717, 1.165) is 11.4 Å². The molecule has 104 valence electrons. The van der Waals surface area contributed by atoms with Crippen LogP contribution >= 0.6 is 11.6 Å². The van der Waals surface area contributed by atoms with E-state index < -0.39 is 0 Å². The smallest absolute Gasteiger partial charge is 0.238 e. The summed E-state index contributed by atoms with van der Waals surface area (Å²) in [6.07, 6.45) is 3.39. The maximum absolute atomic E-state index is 11.7. The van der Waals surface area contributed by atoms with Crippen LogP contribution in [0.4, 0.5) is 5.69 Å². The lowest BCUT2D eigenvalue weighted by molar-refractivity contribution is -0.115. The third-order valence-corrected chi connectivity index (χ3v) is 2.77. The molecule has 5 nitrogen and oxygen atoms in total. The largest absolute Gasteiger partial charge is 0.325 e. The molecule has 0 spiro atoms. The van der Waals surface area contributed by atoms with E-state index in [1.165, 1.54) is 0 Å². The van der Waals surface area contributed by atoms with E-state index in [1.807, 2.05) is 6.92 Å². The van der Waals surface area contributed by atoms with Crippen LogP contribution in [0.2, 0.25) is 5.02 Å². The Kier molecular flexibility index (Phi) is 5.03. The third kappa shape index (κ3) is 4.60. The highest BCUT2D eigenvalue weighted by molar-refractivity contribution is 6.30. The number of halogens is 1. The minimum absolute atomic E-state index is 0.132. The van der Waals surface area contributed by atoms with Gasteiger partial charge < -0.3 is 10.6 Å². The zero-order valence-corrected chi connectivity index (χ0v) is 11.8. The number of anilines is 1. The number of nitrogens with zero attached hydrogens (tertiary/aromatic N) is 2. The van der Waals surface area contributed by atoms with E-state index in [1.54, 1.807) is 36.7 Å². The molecule has 1 amide bonds. The molecule has 0 radical (unpaired) electrons. The molecule has 1 aromatic carbocycles. The Morgan fingerprint density at radius 1 is 1.30 bits per heavy atom. The summed E-state index contributed by atoms with van der Waals surface area (Å²) in [6, 6.07) is 7.03. The van der Waals surface area contributed by atoms with Crippen molar-refractivity contribution >= 4 is 23.2 Å². The highest BCUT2D eigenvalue weighted by Crippen LogP contribution is 2.14. The lowest BCUT2D eigenvalue weighted by atomic mass is 10.3. The molecule has 0 saturated heterocycles. The summed E-state index contributed by atoms with van der Waals surface area (Å²) in [5.74, 6) is -0.132. The highest BCUT2D eigenvalue weighted by atomic mass is 35.5. The number of hydrogen-bond acceptors (Lipinski definition) is 4. The standard InChI is InChI=1S/C14H15ClN4O/c1-10-6-18-13(8-17-10)7-16-9-14(20)19-12-4-2-3-11(15)5-12/h2-6,8,16H,7,9H2,1H3,(H,19,20). The van der Waals surface area contributed by atoms with E-state index in [4.69, 9.17) is 11.6 Å². The molecule has 0 aliphatic heterocycles. The summed E-state index contributed by atoms with van der Waals surface area (Å²) in [7, 11) is 0. The number of carbonyl (C=O) groups is 1. The second kappa shape index (κ2) is 6.98. The van der Waals surface area contributed by atoms with Crippen LogP contribution in [-0.4, -0.2) is 22.4 Å². The molecular formula is C14H15ClN4O. The van der Waals surface area contributed by atoms with Gasteiger partial charge in [-0.1, -0.05) is 17.7 Å². The van der Waals surface area contributed by atoms with E-state index in [2.05, 4.69) is 20.6 Å². The Bertz CT molecular complexity index is 586. The van der Waals surface area contributed by atoms with Crippen molar-refractivity contribution in [2.75, 3.05) is 11.9 Å². The van der Waals surface area contributed by atoms with Gasteiger partial charge >= 0.3 is 0 Å². The average molecular weight is 291 g/mol. The molecule has 0 fully saturated rings. The van der Waals surface area contributed by atoms with Crippen LogP contribution in [0, 0.1) is 6.92 Å². The van der Waals surface area contributed by atoms with Crippen molar-refractivity contribution in [1.82, 2.24) is 15.3 Å².